The molecule has 0 amide bonds. The van der Waals surface area contributed by atoms with Gasteiger partial charge in [-0.2, -0.15) is 0 Å². The molecule has 1 aromatic rings. The van der Waals surface area contributed by atoms with Crippen LogP contribution in [0.2, 0.25) is 0 Å². The Morgan fingerprint density at radius 3 is 2.47 bits per heavy atom. The van der Waals surface area contributed by atoms with E-state index in [1.54, 1.807) is 0 Å². The SMILES string of the molecule is Cc1ccccc1N(C)CC(CO)NC(C)C. The third kappa shape index (κ3) is 4.36. The molecule has 1 unspecified atom stereocenters. The molecule has 0 saturated carbocycles. The van der Waals surface area contributed by atoms with Crippen LogP contribution in [0.15, 0.2) is 24.3 Å². The van der Waals surface area contributed by atoms with Crippen molar-refractivity contribution >= 4 is 5.69 Å². The molecule has 0 aromatic heterocycles. The molecule has 0 aliphatic rings. The summed E-state index contributed by atoms with van der Waals surface area (Å²) >= 11 is 0. The normalized spacial score (nSPS) is 12.8. The third-order valence-corrected chi connectivity index (χ3v) is 2.81. The van der Waals surface area contributed by atoms with Gasteiger partial charge in [-0.15, -0.1) is 0 Å². The Morgan fingerprint density at radius 2 is 1.94 bits per heavy atom. The van der Waals surface area contributed by atoms with Gasteiger partial charge in [-0.05, 0) is 18.6 Å². The standard InChI is InChI=1S/C14H24N2O/c1-11(2)15-13(10-17)9-16(4)14-8-6-5-7-12(14)3/h5-8,11,13,15,17H,9-10H2,1-4H3. The number of nitrogens with one attached hydrogen (secondary N) is 1. The fraction of sp³-hybridized carbons (Fsp3) is 0.571. The highest BCUT2D eigenvalue weighted by Gasteiger charge is 2.12. The minimum atomic E-state index is 0.111. The first-order chi connectivity index (χ1) is 8.04. The number of aliphatic hydroxyl groups is 1. The maximum atomic E-state index is 9.35. The Balaban J connectivity index is 2.64. The van der Waals surface area contributed by atoms with Crippen molar-refractivity contribution in [1.82, 2.24) is 5.32 Å². The number of hydrogen-bond acceptors (Lipinski definition) is 3. The van der Waals surface area contributed by atoms with E-state index in [2.05, 4.69) is 50.2 Å². The molecule has 3 heteroatoms. The average molecular weight is 236 g/mol. The van der Waals surface area contributed by atoms with Crippen molar-refractivity contribution in [2.24, 2.45) is 0 Å². The topological polar surface area (TPSA) is 35.5 Å². The largest absolute Gasteiger partial charge is 0.395 e. The van der Waals surface area contributed by atoms with Crippen molar-refractivity contribution in [3.8, 4) is 0 Å². The Bertz CT molecular complexity index is 339. The highest BCUT2D eigenvalue weighted by Crippen LogP contribution is 2.17. The van der Waals surface area contributed by atoms with Gasteiger partial charge in [0.1, 0.15) is 0 Å². The lowest BCUT2D eigenvalue weighted by atomic mass is 10.1. The number of aliphatic hydroxyl groups excluding tert-OH is 1. The number of nitrogens with zero attached hydrogens (tertiary/aromatic N) is 1. The van der Waals surface area contributed by atoms with Crippen molar-refractivity contribution in [2.45, 2.75) is 32.9 Å². The summed E-state index contributed by atoms with van der Waals surface area (Å²) in [6, 6.07) is 8.80. The van der Waals surface area contributed by atoms with Gasteiger partial charge in [0, 0.05) is 31.4 Å². The summed E-state index contributed by atoms with van der Waals surface area (Å²) in [4.78, 5) is 2.19. The molecule has 3 nitrogen and oxygen atoms in total. The van der Waals surface area contributed by atoms with Crippen molar-refractivity contribution in [2.75, 3.05) is 25.1 Å². The van der Waals surface area contributed by atoms with Gasteiger partial charge in [-0.3, -0.25) is 0 Å². The minimum Gasteiger partial charge on any atom is -0.395 e. The quantitative estimate of drug-likeness (QED) is 0.790. The molecule has 0 saturated heterocycles. The van der Waals surface area contributed by atoms with Gasteiger partial charge in [0.15, 0.2) is 0 Å². The summed E-state index contributed by atoms with van der Waals surface area (Å²) in [5.41, 5.74) is 2.48. The van der Waals surface area contributed by atoms with E-state index in [1.807, 2.05) is 12.1 Å². The lowest BCUT2D eigenvalue weighted by Crippen LogP contribution is -2.45. The number of aryl methyl sites for hydroxylation is 1. The molecule has 1 rings (SSSR count). The van der Waals surface area contributed by atoms with E-state index in [9.17, 15) is 5.11 Å². The maximum Gasteiger partial charge on any atom is 0.0602 e. The van der Waals surface area contributed by atoms with Crippen molar-refractivity contribution < 1.29 is 5.11 Å². The lowest BCUT2D eigenvalue weighted by Gasteiger charge is -2.27. The number of likely N-dealkylation sites (N-methyl/N-ethyl adjacent to an activating group) is 1. The van der Waals surface area contributed by atoms with Crippen LogP contribution in [0.3, 0.4) is 0 Å². The van der Waals surface area contributed by atoms with E-state index in [0.29, 0.717) is 6.04 Å². The Hall–Kier alpha value is -1.06. The molecular weight excluding hydrogens is 212 g/mol. The number of para-hydroxylation sites is 1. The van der Waals surface area contributed by atoms with Gasteiger partial charge < -0.3 is 15.3 Å². The average Bonchev–Trinajstić information content (AvgIpc) is 2.27. The van der Waals surface area contributed by atoms with Crippen LogP contribution >= 0.6 is 0 Å². The van der Waals surface area contributed by atoms with E-state index in [4.69, 9.17) is 0 Å². The zero-order valence-electron chi connectivity index (χ0n) is 11.3. The molecule has 0 radical (unpaired) electrons. The highest BCUT2D eigenvalue weighted by atomic mass is 16.3. The van der Waals surface area contributed by atoms with Gasteiger partial charge in [0.25, 0.3) is 0 Å². The van der Waals surface area contributed by atoms with Crippen LogP contribution < -0.4 is 10.2 Å². The Morgan fingerprint density at radius 1 is 1.29 bits per heavy atom. The van der Waals surface area contributed by atoms with Crippen LogP contribution in [-0.2, 0) is 0 Å². The summed E-state index contributed by atoms with van der Waals surface area (Å²) in [6.45, 7) is 7.26. The molecule has 17 heavy (non-hydrogen) atoms. The summed E-state index contributed by atoms with van der Waals surface area (Å²) < 4.78 is 0. The molecule has 0 aliphatic heterocycles. The van der Waals surface area contributed by atoms with Crippen molar-refractivity contribution in [3.05, 3.63) is 29.8 Å². The second-order valence-corrected chi connectivity index (χ2v) is 4.87. The molecule has 0 fully saturated rings. The number of anilines is 1. The predicted molar refractivity (Wildman–Crippen MR) is 73.6 cm³/mol. The highest BCUT2D eigenvalue weighted by molar-refractivity contribution is 5.52. The van der Waals surface area contributed by atoms with Crippen LogP contribution in [-0.4, -0.2) is 37.4 Å². The number of rotatable bonds is 6. The van der Waals surface area contributed by atoms with Crippen LogP contribution in [0.5, 0.6) is 0 Å². The Labute approximate surface area is 104 Å². The van der Waals surface area contributed by atoms with Gasteiger partial charge in [0.05, 0.1) is 6.61 Å². The zero-order valence-corrected chi connectivity index (χ0v) is 11.3. The lowest BCUT2D eigenvalue weighted by molar-refractivity contribution is 0.237. The summed E-state index contributed by atoms with van der Waals surface area (Å²) in [5, 5.41) is 12.7. The second-order valence-electron chi connectivity index (χ2n) is 4.87. The predicted octanol–water partition coefficient (Wildman–Crippen LogP) is 1.79. The fourth-order valence-electron chi connectivity index (χ4n) is 2.06. The van der Waals surface area contributed by atoms with Crippen LogP contribution in [0.1, 0.15) is 19.4 Å². The fourth-order valence-corrected chi connectivity index (χ4v) is 2.06. The Kier molecular flexibility index (Phi) is 5.45. The maximum absolute atomic E-state index is 9.35. The minimum absolute atomic E-state index is 0.111. The summed E-state index contributed by atoms with van der Waals surface area (Å²) in [5.74, 6) is 0. The number of hydrogen-bond donors (Lipinski definition) is 2. The first-order valence-electron chi connectivity index (χ1n) is 6.18. The van der Waals surface area contributed by atoms with Crippen LogP contribution in [0.25, 0.3) is 0 Å². The van der Waals surface area contributed by atoms with E-state index in [-0.39, 0.29) is 12.6 Å². The van der Waals surface area contributed by atoms with Gasteiger partial charge in [0.2, 0.25) is 0 Å². The molecule has 1 aromatic carbocycles. The van der Waals surface area contributed by atoms with Gasteiger partial charge in [-0.1, -0.05) is 32.0 Å². The van der Waals surface area contributed by atoms with Crippen molar-refractivity contribution in [1.29, 1.82) is 0 Å². The van der Waals surface area contributed by atoms with Crippen molar-refractivity contribution in [3.63, 3.8) is 0 Å². The summed E-state index contributed by atoms with van der Waals surface area (Å²) in [6.07, 6.45) is 0. The molecule has 0 spiro atoms. The van der Waals surface area contributed by atoms with Crippen LogP contribution in [0, 0.1) is 6.92 Å². The van der Waals surface area contributed by atoms with Gasteiger partial charge >= 0.3 is 0 Å². The first-order valence-corrected chi connectivity index (χ1v) is 6.18. The van der Waals surface area contributed by atoms with E-state index >= 15 is 0 Å². The van der Waals surface area contributed by atoms with E-state index in [1.165, 1.54) is 11.3 Å². The molecular formula is C14H24N2O. The third-order valence-electron chi connectivity index (χ3n) is 2.81. The first kappa shape index (κ1) is 14.0. The van der Waals surface area contributed by atoms with Gasteiger partial charge in [-0.25, -0.2) is 0 Å². The molecule has 0 bridgehead atoms. The van der Waals surface area contributed by atoms with Crippen LogP contribution in [0.4, 0.5) is 5.69 Å². The smallest absolute Gasteiger partial charge is 0.0602 e. The van der Waals surface area contributed by atoms with E-state index in [0.717, 1.165) is 6.54 Å². The monoisotopic (exact) mass is 236 g/mol. The molecule has 2 N–H and O–H groups in total. The van der Waals surface area contributed by atoms with E-state index < -0.39 is 0 Å². The number of benzene rings is 1. The molecule has 1 atom stereocenters. The summed E-state index contributed by atoms with van der Waals surface area (Å²) in [7, 11) is 2.06. The molecule has 96 valence electrons. The second kappa shape index (κ2) is 6.62. The molecule has 0 heterocycles. The zero-order chi connectivity index (χ0) is 12.8. The molecule has 0 aliphatic carbocycles.